The number of rotatable bonds is 3. The van der Waals surface area contributed by atoms with Crippen LogP contribution in [0.3, 0.4) is 0 Å². The van der Waals surface area contributed by atoms with Crippen molar-refractivity contribution in [1.82, 2.24) is 9.99 Å². The van der Waals surface area contributed by atoms with E-state index in [2.05, 4.69) is 53.2 Å². The third-order valence-electron chi connectivity index (χ3n) is 2.92. The van der Waals surface area contributed by atoms with Crippen molar-refractivity contribution in [2.24, 2.45) is 5.10 Å². The smallest absolute Gasteiger partial charge is 0.0564 e. The summed E-state index contributed by atoms with van der Waals surface area (Å²) in [6, 6.07) is 8.44. The fourth-order valence-corrected chi connectivity index (χ4v) is 2.16. The zero-order chi connectivity index (χ0) is 11.5. The first-order valence-electron chi connectivity index (χ1n) is 5.57. The van der Waals surface area contributed by atoms with E-state index in [1.54, 1.807) is 0 Å². The van der Waals surface area contributed by atoms with Crippen LogP contribution in [0.25, 0.3) is 10.9 Å². The summed E-state index contributed by atoms with van der Waals surface area (Å²) in [7, 11) is 1.81. The van der Waals surface area contributed by atoms with Gasteiger partial charge in [-0.1, -0.05) is 18.2 Å². The Hall–Kier alpha value is -1.77. The van der Waals surface area contributed by atoms with Crippen LogP contribution in [-0.4, -0.2) is 17.8 Å². The number of para-hydroxylation sites is 1. The number of nitrogens with zero attached hydrogens (tertiary/aromatic N) is 2. The van der Waals surface area contributed by atoms with Crippen molar-refractivity contribution in [3.8, 4) is 0 Å². The van der Waals surface area contributed by atoms with Crippen molar-refractivity contribution >= 4 is 17.1 Å². The molecule has 0 aliphatic heterocycles. The maximum absolute atomic E-state index is 4.11. The number of aromatic nitrogens is 1. The number of aryl methyl sites for hydroxylation is 1. The molecule has 0 bridgehead atoms. The minimum absolute atomic E-state index is 0.986. The number of hydrogen-bond acceptors (Lipinski definition) is 2. The summed E-state index contributed by atoms with van der Waals surface area (Å²) in [6.45, 7) is 5.29. The van der Waals surface area contributed by atoms with Crippen molar-refractivity contribution < 1.29 is 0 Å². The SMILES string of the molecule is CCn1c(C)c(/C=N/NC)c2ccccc21. The van der Waals surface area contributed by atoms with Gasteiger partial charge in [-0.25, -0.2) is 0 Å². The van der Waals surface area contributed by atoms with Gasteiger partial charge < -0.3 is 9.99 Å². The average molecular weight is 215 g/mol. The van der Waals surface area contributed by atoms with Crippen molar-refractivity contribution in [3.05, 3.63) is 35.5 Å². The summed E-state index contributed by atoms with van der Waals surface area (Å²) in [5, 5.41) is 5.38. The number of benzene rings is 1. The first-order valence-corrected chi connectivity index (χ1v) is 5.57. The Bertz CT molecular complexity index is 523. The monoisotopic (exact) mass is 215 g/mol. The maximum Gasteiger partial charge on any atom is 0.0564 e. The van der Waals surface area contributed by atoms with E-state index in [4.69, 9.17) is 0 Å². The molecule has 0 radical (unpaired) electrons. The van der Waals surface area contributed by atoms with Crippen molar-refractivity contribution in [2.45, 2.75) is 20.4 Å². The molecule has 84 valence electrons. The normalized spacial score (nSPS) is 11.4. The van der Waals surface area contributed by atoms with E-state index in [1.807, 2.05) is 13.3 Å². The van der Waals surface area contributed by atoms with E-state index in [0.717, 1.165) is 6.54 Å². The molecule has 1 N–H and O–H groups in total. The molecule has 0 aliphatic carbocycles. The molecule has 3 nitrogen and oxygen atoms in total. The van der Waals surface area contributed by atoms with Gasteiger partial charge in [0.2, 0.25) is 0 Å². The van der Waals surface area contributed by atoms with Gasteiger partial charge in [0.05, 0.1) is 6.21 Å². The molecule has 0 saturated heterocycles. The van der Waals surface area contributed by atoms with Gasteiger partial charge in [-0.3, -0.25) is 0 Å². The molecule has 0 atom stereocenters. The molecule has 1 aromatic heterocycles. The molecule has 0 spiro atoms. The van der Waals surface area contributed by atoms with Crippen LogP contribution < -0.4 is 5.43 Å². The number of hydrogen-bond donors (Lipinski definition) is 1. The minimum atomic E-state index is 0.986. The number of fused-ring (bicyclic) bond motifs is 1. The van der Waals surface area contributed by atoms with Crippen LogP contribution in [0.1, 0.15) is 18.2 Å². The lowest BCUT2D eigenvalue weighted by Gasteiger charge is -2.02. The quantitative estimate of drug-likeness (QED) is 0.618. The predicted molar refractivity (Wildman–Crippen MR) is 69.0 cm³/mol. The van der Waals surface area contributed by atoms with Gasteiger partial charge in [0.1, 0.15) is 0 Å². The summed E-state index contributed by atoms with van der Waals surface area (Å²) >= 11 is 0. The lowest BCUT2D eigenvalue weighted by Crippen LogP contribution is -1.98. The van der Waals surface area contributed by atoms with Crippen LogP contribution in [0, 0.1) is 6.92 Å². The summed E-state index contributed by atoms with van der Waals surface area (Å²) in [5.74, 6) is 0. The van der Waals surface area contributed by atoms with Crippen LogP contribution in [0.4, 0.5) is 0 Å². The third kappa shape index (κ3) is 1.58. The third-order valence-corrected chi connectivity index (χ3v) is 2.92. The number of nitrogens with one attached hydrogen (secondary N) is 1. The van der Waals surface area contributed by atoms with E-state index in [1.165, 1.54) is 22.2 Å². The molecule has 0 fully saturated rings. The van der Waals surface area contributed by atoms with Gasteiger partial charge in [0.15, 0.2) is 0 Å². The maximum atomic E-state index is 4.11. The molecule has 0 unspecified atom stereocenters. The van der Waals surface area contributed by atoms with Crippen molar-refractivity contribution in [2.75, 3.05) is 7.05 Å². The highest BCUT2D eigenvalue weighted by molar-refractivity contribution is 6.01. The molecule has 2 aromatic rings. The zero-order valence-corrected chi connectivity index (χ0v) is 9.99. The Morgan fingerprint density at radius 3 is 2.81 bits per heavy atom. The lowest BCUT2D eigenvalue weighted by atomic mass is 10.1. The van der Waals surface area contributed by atoms with Crippen LogP contribution in [0.15, 0.2) is 29.4 Å². The van der Waals surface area contributed by atoms with Crippen molar-refractivity contribution in [3.63, 3.8) is 0 Å². The summed E-state index contributed by atoms with van der Waals surface area (Å²) in [4.78, 5) is 0. The highest BCUT2D eigenvalue weighted by Gasteiger charge is 2.10. The minimum Gasteiger partial charge on any atom is -0.344 e. The molecule has 3 heteroatoms. The van der Waals surface area contributed by atoms with E-state index in [-0.39, 0.29) is 0 Å². The highest BCUT2D eigenvalue weighted by Crippen LogP contribution is 2.24. The Labute approximate surface area is 95.8 Å². The molecule has 2 rings (SSSR count). The summed E-state index contributed by atoms with van der Waals surface area (Å²) < 4.78 is 2.31. The van der Waals surface area contributed by atoms with Gasteiger partial charge >= 0.3 is 0 Å². The fraction of sp³-hybridized carbons (Fsp3) is 0.308. The summed E-state index contributed by atoms with van der Waals surface area (Å²) in [6.07, 6.45) is 1.89. The molecule has 0 amide bonds. The Kier molecular flexibility index (Phi) is 2.95. The van der Waals surface area contributed by atoms with Gasteiger partial charge in [0.25, 0.3) is 0 Å². The predicted octanol–water partition coefficient (Wildman–Crippen LogP) is 2.52. The molecule has 0 aliphatic rings. The van der Waals surface area contributed by atoms with Gasteiger partial charge in [0, 0.05) is 35.8 Å². The second-order valence-corrected chi connectivity index (χ2v) is 3.74. The van der Waals surface area contributed by atoms with E-state index < -0.39 is 0 Å². The van der Waals surface area contributed by atoms with Gasteiger partial charge in [-0.2, -0.15) is 5.10 Å². The largest absolute Gasteiger partial charge is 0.344 e. The molecular weight excluding hydrogens is 198 g/mol. The highest BCUT2D eigenvalue weighted by atomic mass is 15.3. The Morgan fingerprint density at radius 2 is 2.12 bits per heavy atom. The fourth-order valence-electron chi connectivity index (χ4n) is 2.16. The van der Waals surface area contributed by atoms with E-state index in [0.29, 0.717) is 0 Å². The standard InChI is InChI=1S/C13H17N3/c1-4-16-10(2)12(9-15-14-3)11-7-5-6-8-13(11)16/h5-9,14H,4H2,1-3H3/b15-9+. The van der Waals surface area contributed by atoms with Crippen LogP contribution in [0.5, 0.6) is 0 Å². The topological polar surface area (TPSA) is 29.3 Å². The van der Waals surface area contributed by atoms with Crippen molar-refractivity contribution in [1.29, 1.82) is 0 Å². The van der Waals surface area contributed by atoms with Crippen LogP contribution in [-0.2, 0) is 6.54 Å². The Balaban J connectivity index is 2.72. The first kappa shape index (κ1) is 10.7. The second-order valence-electron chi connectivity index (χ2n) is 3.74. The first-order chi connectivity index (χ1) is 7.79. The van der Waals surface area contributed by atoms with E-state index >= 15 is 0 Å². The zero-order valence-electron chi connectivity index (χ0n) is 9.99. The van der Waals surface area contributed by atoms with Gasteiger partial charge in [-0.05, 0) is 19.9 Å². The average Bonchev–Trinajstić information content (AvgIpc) is 2.58. The molecule has 1 heterocycles. The van der Waals surface area contributed by atoms with Crippen LogP contribution >= 0.6 is 0 Å². The molecule has 0 saturated carbocycles. The number of hydrazone groups is 1. The lowest BCUT2D eigenvalue weighted by molar-refractivity contribution is 0.769. The van der Waals surface area contributed by atoms with Crippen LogP contribution in [0.2, 0.25) is 0 Å². The second kappa shape index (κ2) is 4.39. The van der Waals surface area contributed by atoms with E-state index in [9.17, 15) is 0 Å². The molecule has 1 aromatic carbocycles. The molecular formula is C13H17N3. The summed E-state index contributed by atoms with van der Waals surface area (Å²) in [5.41, 5.74) is 6.54. The Morgan fingerprint density at radius 1 is 1.38 bits per heavy atom. The van der Waals surface area contributed by atoms with Gasteiger partial charge in [-0.15, -0.1) is 0 Å². The molecule has 16 heavy (non-hydrogen) atoms.